The summed E-state index contributed by atoms with van der Waals surface area (Å²) < 4.78 is 0. The zero-order chi connectivity index (χ0) is 18.1. The van der Waals surface area contributed by atoms with E-state index in [-0.39, 0.29) is 11.8 Å². The molecule has 0 aliphatic carbocycles. The summed E-state index contributed by atoms with van der Waals surface area (Å²) in [7, 11) is 0. The van der Waals surface area contributed by atoms with E-state index in [0.29, 0.717) is 18.0 Å². The summed E-state index contributed by atoms with van der Waals surface area (Å²) in [6, 6.07) is 6.18. The number of carbonyl (C=O) groups is 1. The second-order valence-corrected chi connectivity index (χ2v) is 7.84. The van der Waals surface area contributed by atoms with Gasteiger partial charge in [-0.2, -0.15) is 0 Å². The first-order valence-corrected chi connectivity index (χ1v) is 9.91. The second kappa shape index (κ2) is 7.07. The molecule has 0 spiro atoms. The number of nitrogen functional groups attached to an aromatic ring is 1. The van der Waals surface area contributed by atoms with Crippen molar-refractivity contribution in [1.82, 2.24) is 19.9 Å². The van der Waals surface area contributed by atoms with Crippen molar-refractivity contribution in [3.63, 3.8) is 0 Å². The van der Waals surface area contributed by atoms with Crippen LogP contribution in [-0.2, 0) is 11.2 Å². The number of imidazole rings is 1. The summed E-state index contributed by atoms with van der Waals surface area (Å²) in [6.45, 7) is 3.64. The lowest BCUT2D eigenvalue weighted by molar-refractivity contribution is -0.132. The van der Waals surface area contributed by atoms with Gasteiger partial charge in [-0.15, -0.1) is 11.3 Å². The fraction of sp³-hybridized carbons (Fsp3) is 0.421. The van der Waals surface area contributed by atoms with Crippen molar-refractivity contribution in [2.75, 3.05) is 18.8 Å². The molecule has 136 valence electrons. The zero-order valence-corrected chi connectivity index (χ0v) is 15.7. The summed E-state index contributed by atoms with van der Waals surface area (Å²) in [5.74, 6) is 1.46. The van der Waals surface area contributed by atoms with Crippen LogP contribution in [-0.4, -0.2) is 38.8 Å². The van der Waals surface area contributed by atoms with Gasteiger partial charge >= 0.3 is 0 Å². The van der Waals surface area contributed by atoms with Crippen LogP contribution in [0, 0.1) is 6.92 Å². The van der Waals surface area contributed by atoms with E-state index in [0.717, 1.165) is 48.5 Å². The molecule has 1 aromatic carbocycles. The van der Waals surface area contributed by atoms with Gasteiger partial charge in [0.25, 0.3) is 0 Å². The number of aromatic amines is 1. The zero-order valence-electron chi connectivity index (χ0n) is 14.9. The SMILES string of the molecule is Cc1cccc2[nH]c(C3CCCN(C(=O)CCc4csc(N)n4)C3)nc12. The number of thiazole rings is 1. The monoisotopic (exact) mass is 369 g/mol. The molecule has 1 unspecified atom stereocenters. The molecular formula is C19H23N5OS. The molecule has 1 aliphatic heterocycles. The minimum Gasteiger partial charge on any atom is -0.375 e. The number of likely N-dealkylation sites (tertiary alicyclic amines) is 1. The molecule has 1 aliphatic rings. The van der Waals surface area contributed by atoms with Gasteiger partial charge in [0, 0.05) is 30.8 Å². The average molecular weight is 369 g/mol. The summed E-state index contributed by atoms with van der Waals surface area (Å²) in [5, 5.41) is 2.49. The van der Waals surface area contributed by atoms with Crippen molar-refractivity contribution in [1.29, 1.82) is 0 Å². The fourth-order valence-corrected chi connectivity index (χ4v) is 4.24. The van der Waals surface area contributed by atoms with Crippen LogP contribution in [0.5, 0.6) is 0 Å². The van der Waals surface area contributed by atoms with Crippen molar-refractivity contribution >= 4 is 33.4 Å². The van der Waals surface area contributed by atoms with Gasteiger partial charge in [-0.1, -0.05) is 12.1 Å². The number of hydrogen-bond acceptors (Lipinski definition) is 5. The molecule has 1 saturated heterocycles. The van der Waals surface area contributed by atoms with E-state index in [1.54, 1.807) is 0 Å². The number of aryl methyl sites for hydroxylation is 2. The Balaban J connectivity index is 1.42. The second-order valence-electron chi connectivity index (χ2n) is 6.95. The molecular weight excluding hydrogens is 346 g/mol. The molecule has 3 N–H and O–H groups in total. The predicted octanol–water partition coefficient (Wildman–Crippen LogP) is 3.25. The highest BCUT2D eigenvalue weighted by Crippen LogP contribution is 2.28. The molecule has 1 fully saturated rings. The van der Waals surface area contributed by atoms with Crippen molar-refractivity contribution < 1.29 is 4.79 Å². The highest BCUT2D eigenvalue weighted by Gasteiger charge is 2.26. The predicted molar refractivity (Wildman–Crippen MR) is 104 cm³/mol. The number of H-pyrrole nitrogens is 1. The number of anilines is 1. The number of rotatable bonds is 4. The Kier molecular flexibility index (Phi) is 4.63. The molecule has 2 aromatic heterocycles. The summed E-state index contributed by atoms with van der Waals surface area (Å²) in [6.07, 6.45) is 3.20. The highest BCUT2D eigenvalue weighted by atomic mass is 32.1. The Morgan fingerprint density at radius 1 is 1.42 bits per heavy atom. The van der Waals surface area contributed by atoms with E-state index >= 15 is 0 Å². The third-order valence-corrected chi connectivity index (χ3v) is 5.78. The molecule has 1 amide bonds. The van der Waals surface area contributed by atoms with Crippen LogP contribution in [0.25, 0.3) is 11.0 Å². The quantitative estimate of drug-likeness (QED) is 0.739. The first kappa shape index (κ1) is 17.0. The van der Waals surface area contributed by atoms with Crippen LogP contribution in [0.3, 0.4) is 0 Å². The number of aromatic nitrogens is 3. The van der Waals surface area contributed by atoms with Gasteiger partial charge in [-0.05, 0) is 37.8 Å². The number of carbonyl (C=O) groups excluding carboxylic acids is 1. The molecule has 4 rings (SSSR count). The van der Waals surface area contributed by atoms with Crippen molar-refractivity contribution in [3.05, 3.63) is 40.7 Å². The molecule has 6 nitrogen and oxygen atoms in total. The molecule has 7 heteroatoms. The standard InChI is InChI=1S/C19H23N5OS/c1-12-4-2-6-15-17(12)23-18(22-15)13-5-3-9-24(10-13)16(25)8-7-14-11-26-19(20)21-14/h2,4,6,11,13H,3,5,7-10H2,1H3,(H2,20,21)(H,22,23). The Morgan fingerprint density at radius 2 is 2.31 bits per heavy atom. The minimum atomic E-state index is 0.188. The van der Waals surface area contributed by atoms with E-state index in [1.807, 2.05) is 16.3 Å². The van der Waals surface area contributed by atoms with Gasteiger partial charge in [-0.25, -0.2) is 9.97 Å². The van der Waals surface area contributed by atoms with Crippen LogP contribution < -0.4 is 5.73 Å². The topological polar surface area (TPSA) is 87.9 Å². The van der Waals surface area contributed by atoms with Crippen molar-refractivity contribution in [2.24, 2.45) is 0 Å². The number of nitrogens with zero attached hydrogens (tertiary/aromatic N) is 3. The fourth-order valence-electron chi connectivity index (χ4n) is 3.65. The number of para-hydroxylation sites is 1. The summed E-state index contributed by atoms with van der Waals surface area (Å²) in [5.41, 5.74) is 9.84. The van der Waals surface area contributed by atoms with E-state index in [4.69, 9.17) is 10.7 Å². The summed E-state index contributed by atoms with van der Waals surface area (Å²) >= 11 is 1.42. The lowest BCUT2D eigenvalue weighted by Gasteiger charge is -2.32. The molecule has 3 heterocycles. The largest absolute Gasteiger partial charge is 0.375 e. The Labute approximate surface area is 156 Å². The lowest BCUT2D eigenvalue weighted by atomic mass is 9.97. The minimum absolute atomic E-state index is 0.188. The number of benzene rings is 1. The normalized spacial score (nSPS) is 17.7. The molecule has 1 atom stereocenters. The average Bonchev–Trinajstić information content (AvgIpc) is 3.27. The maximum Gasteiger partial charge on any atom is 0.222 e. The molecule has 0 bridgehead atoms. The van der Waals surface area contributed by atoms with E-state index in [1.165, 1.54) is 16.9 Å². The number of piperidine rings is 1. The lowest BCUT2D eigenvalue weighted by Crippen LogP contribution is -2.39. The highest BCUT2D eigenvalue weighted by molar-refractivity contribution is 7.13. The molecule has 26 heavy (non-hydrogen) atoms. The number of amides is 1. The van der Waals surface area contributed by atoms with Crippen LogP contribution in [0.4, 0.5) is 5.13 Å². The smallest absolute Gasteiger partial charge is 0.222 e. The summed E-state index contributed by atoms with van der Waals surface area (Å²) in [4.78, 5) is 27.1. The van der Waals surface area contributed by atoms with E-state index in [2.05, 4.69) is 29.0 Å². The van der Waals surface area contributed by atoms with Crippen LogP contribution >= 0.6 is 11.3 Å². The van der Waals surface area contributed by atoms with Crippen molar-refractivity contribution in [2.45, 2.75) is 38.5 Å². The van der Waals surface area contributed by atoms with Crippen LogP contribution in [0.1, 0.15) is 42.3 Å². The van der Waals surface area contributed by atoms with E-state index in [9.17, 15) is 4.79 Å². The van der Waals surface area contributed by atoms with Crippen LogP contribution in [0.2, 0.25) is 0 Å². The Morgan fingerprint density at radius 3 is 3.08 bits per heavy atom. The van der Waals surface area contributed by atoms with Gasteiger partial charge in [-0.3, -0.25) is 4.79 Å². The maximum atomic E-state index is 12.6. The van der Waals surface area contributed by atoms with Gasteiger partial charge in [0.05, 0.1) is 16.7 Å². The first-order chi connectivity index (χ1) is 12.6. The van der Waals surface area contributed by atoms with Gasteiger partial charge in [0.15, 0.2) is 5.13 Å². The molecule has 0 saturated carbocycles. The maximum absolute atomic E-state index is 12.6. The number of nitrogens with two attached hydrogens (primary N) is 1. The Bertz CT molecular complexity index is 931. The number of hydrogen-bond donors (Lipinski definition) is 2. The van der Waals surface area contributed by atoms with Crippen molar-refractivity contribution in [3.8, 4) is 0 Å². The molecule has 0 radical (unpaired) electrons. The number of fused-ring (bicyclic) bond motifs is 1. The third kappa shape index (κ3) is 3.44. The van der Waals surface area contributed by atoms with Gasteiger partial charge in [0.2, 0.25) is 5.91 Å². The number of nitrogens with one attached hydrogen (secondary N) is 1. The van der Waals surface area contributed by atoms with Gasteiger partial charge < -0.3 is 15.6 Å². The Hall–Kier alpha value is -2.41. The first-order valence-electron chi connectivity index (χ1n) is 9.03. The third-order valence-electron chi connectivity index (χ3n) is 5.06. The van der Waals surface area contributed by atoms with Gasteiger partial charge in [0.1, 0.15) is 5.82 Å². The van der Waals surface area contributed by atoms with Crippen LogP contribution in [0.15, 0.2) is 23.6 Å². The van der Waals surface area contributed by atoms with E-state index < -0.39 is 0 Å². The molecule has 3 aromatic rings.